The minimum atomic E-state index is 0.462. The third-order valence-electron chi connectivity index (χ3n) is 4.95. The van der Waals surface area contributed by atoms with Gasteiger partial charge < -0.3 is 9.84 Å². The van der Waals surface area contributed by atoms with Crippen LogP contribution in [0, 0.1) is 6.92 Å². The lowest BCUT2D eigenvalue weighted by Crippen LogP contribution is -2.23. The molecule has 1 fully saturated rings. The zero-order chi connectivity index (χ0) is 17.2. The highest BCUT2D eigenvalue weighted by atomic mass is 16.5. The average Bonchev–Trinajstić information content (AvgIpc) is 3.07. The van der Waals surface area contributed by atoms with Crippen LogP contribution in [-0.2, 0) is 6.42 Å². The fraction of sp³-hybridized carbons (Fsp3) is 0.450. The van der Waals surface area contributed by atoms with Crippen LogP contribution in [0.5, 0.6) is 0 Å². The van der Waals surface area contributed by atoms with Crippen LogP contribution < -0.4 is 5.32 Å². The van der Waals surface area contributed by atoms with Crippen molar-refractivity contribution in [2.75, 3.05) is 5.32 Å². The smallest absolute Gasteiger partial charge is 0.228 e. The van der Waals surface area contributed by atoms with Crippen molar-refractivity contribution in [3.05, 3.63) is 35.7 Å². The van der Waals surface area contributed by atoms with Crippen molar-refractivity contribution in [2.45, 2.75) is 58.4 Å². The molecule has 4 rings (SSSR count). The molecule has 1 aromatic carbocycles. The van der Waals surface area contributed by atoms with Crippen molar-refractivity contribution in [3.8, 4) is 11.3 Å². The number of rotatable bonds is 4. The molecule has 0 bridgehead atoms. The van der Waals surface area contributed by atoms with Gasteiger partial charge in [-0.05, 0) is 19.8 Å². The molecule has 0 unspecified atom stereocenters. The van der Waals surface area contributed by atoms with E-state index in [0.29, 0.717) is 11.6 Å². The van der Waals surface area contributed by atoms with E-state index in [0.717, 1.165) is 34.8 Å². The van der Waals surface area contributed by atoms with Gasteiger partial charge >= 0.3 is 0 Å². The minimum Gasteiger partial charge on any atom is -0.364 e. The Bertz CT molecular complexity index is 863. The zero-order valence-corrected chi connectivity index (χ0v) is 14.9. The Balaban J connectivity index is 1.77. The standard InChI is InChI=1S/C20H24N4O/c1-3-16-22-18-17(14-11-9-13(2)10-12-14)24-25-19(18)20(23-16)21-15-7-5-4-6-8-15/h9-12,15H,3-8H2,1-2H3,(H,21,22,23). The van der Waals surface area contributed by atoms with Gasteiger partial charge in [0.2, 0.25) is 5.58 Å². The van der Waals surface area contributed by atoms with Crippen LogP contribution in [0.3, 0.4) is 0 Å². The van der Waals surface area contributed by atoms with Crippen LogP contribution in [0.4, 0.5) is 5.82 Å². The molecule has 0 aliphatic heterocycles. The lowest BCUT2D eigenvalue weighted by atomic mass is 9.95. The molecule has 2 aromatic heterocycles. The summed E-state index contributed by atoms with van der Waals surface area (Å²) in [4.78, 5) is 9.38. The second-order valence-corrected chi connectivity index (χ2v) is 6.90. The summed E-state index contributed by atoms with van der Waals surface area (Å²) in [5.41, 5.74) is 4.50. The quantitative estimate of drug-likeness (QED) is 0.734. The van der Waals surface area contributed by atoms with Gasteiger partial charge in [-0.25, -0.2) is 9.97 Å². The van der Waals surface area contributed by atoms with E-state index in [1.54, 1.807) is 0 Å². The summed E-state index contributed by atoms with van der Waals surface area (Å²) >= 11 is 0. The van der Waals surface area contributed by atoms with Gasteiger partial charge in [0.25, 0.3) is 0 Å². The number of anilines is 1. The molecule has 1 N–H and O–H groups in total. The first-order valence-electron chi connectivity index (χ1n) is 9.24. The van der Waals surface area contributed by atoms with Crippen LogP contribution >= 0.6 is 0 Å². The summed E-state index contributed by atoms with van der Waals surface area (Å²) in [5, 5.41) is 7.89. The normalized spacial score (nSPS) is 15.6. The number of benzene rings is 1. The highest BCUT2D eigenvalue weighted by molar-refractivity contribution is 5.93. The third-order valence-corrected chi connectivity index (χ3v) is 4.95. The van der Waals surface area contributed by atoms with Crippen molar-refractivity contribution < 1.29 is 4.52 Å². The molecular formula is C20H24N4O. The maximum Gasteiger partial charge on any atom is 0.228 e. The minimum absolute atomic E-state index is 0.462. The van der Waals surface area contributed by atoms with E-state index in [1.807, 2.05) is 0 Å². The molecule has 1 aliphatic carbocycles. The number of aromatic nitrogens is 3. The van der Waals surface area contributed by atoms with E-state index >= 15 is 0 Å². The van der Waals surface area contributed by atoms with Gasteiger partial charge in [-0.3, -0.25) is 0 Å². The lowest BCUT2D eigenvalue weighted by molar-refractivity contribution is 0.450. The molecule has 0 spiro atoms. The summed E-state index contributed by atoms with van der Waals surface area (Å²) < 4.78 is 5.67. The molecule has 25 heavy (non-hydrogen) atoms. The van der Waals surface area contributed by atoms with Crippen molar-refractivity contribution >= 4 is 16.9 Å². The van der Waals surface area contributed by atoms with E-state index in [1.165, 1.54) is 37.7 Å². The molecular weight excluding hydrogens is 312 g/mol. The SMILES string of the molecule is CCc1nc(NC2CCCCC2)c2onc(-c3ccc(C)cc3)c2n1. The summed E-state index contributed by atoms with van der Waals surface area (Å²) in [6.07, 6.45) is 7.04. The van der Waals surface area contributed by atoms with Gasteiger partial charge in [-0.15, -0.1) is 0 Å². The number of hydrogen-bond acceptors (Lipinski definition) is 5. The maximum absolute atomic E-state index is 5.67. The van der Waals surface area contributed by atoms with Gasteiger partial charge in [0, 0.05) is 18.0 Å². The van der Waals surface area contributed by atoms with E-state index in [4.69, 9.17) is 9.51 Å². The maximum atomic E-state index is 5.67. The molecule has 130 valence electrons. The van der Waals surface area contributed by atoms with Gasteiger partial charge in [0.15, 0.2) is 5.82 Å². The first-order chi connectivity index (χ1) is 12.2. The van der Waals surface area contributed by atoms with Crippen LogP contribution in [0.2, 0.25) is 0 Å². The van der Waals surface area contributed by atoms with Crippen LogP contribution in [0.25, 0.3) is 22.4 Å². The zero-order valence-electron chi connectivity index (χ0n) is 14.9. The number of nitrogens with zero attached hydrogens (tertiary/aromatic N) is 3. The summed E-state index contributed by atoms with van der Waals surface area (Å²) in [7, 11) is 0. The molecule has 1 saturated carbocycles. The molecule has 3 aromatic rings. The van der Waals surface area contributed by atoms with Crippen LogP contribution in [-0.4, -0.2) is 21.2 Å². The Labute approximate surface area is 147 Å². The van der Waals surface area contributed by atoms with Gasteiger partial charge in [-0.1, -0.05) is 61.2 Å². The van der Waals surface area contributed by atoms with Crippen LogP contribution in [0.1, 0.15) is 50.4 Å². The average molecular weight is 336 g/mol. The van der Waals surface area contributed by atoms with E-state index in [2.05, 4.69) is 53.6 Å². The monoisotopic (exact) mass is 336 g/mol. The van der Waals surface area contributed by atoms with Crippen molar-refractivity contribution in [3.63, 3.8) is 0 Å². The van der Waals surface area contributed by atoms with E-state index < -0.39 is 0 Å². The first-order valence-corrected chi connectivity index (χ1v) is 9.24. The molecule has 0 radical (unpaired) electrons. The number of fused-ring (bicyclic) bond motifs is 1. The summed E-state index contributed by atoms with van der Waals surface area (Å²) in [5.74, 6) is 1.61. The molecule has 0 atom stereocenters. The number of hydrogen-bond donors (Lipinski definition) is 1. The first kappa shape index (κ1) is 16.1. The van der Waals surface area contributed by atoms with Crippen molar-refractivity contribution in [1.82, 2.24) is 15.1 Å². The lowest BCUT2D eigenvalue weighted by Gasteiger charge is -2.23. The number of nitrogens with one attached hydrogen (secondary N) is 1. The fourth-order valence-electron chi connectivity index (χ4n) is 3.48. The van der Waals surface area contributed by atoms with Gasteiger partial charge in [0.1, 0.15) is 17.0 Å². The Morgan fingerprint density at radius 2 is 1.84 bits per heavy atom. The van der Waals surface area contributed by atoms with E-state index in [9.17, 15) is 0 Å². The second-order valence-electron chi connectivity index (χ2n) is 6.90. The highest BCUT2D eigenvalue weighted by Crippen LogP contribution is 2.32. The van der Waals surface area contributed by atoms with E-state index in [-0.39, 0.29) is 0 Å². The topological polar surface area (TPSA) is 63.8 Å². The Morgan fingerprint density at radius 1 is 1.08 bits per heavy atom. The molecule has 2 heterocycles. The van der Waals surface area contributed by atoms with Gasteiger partial charge in [-0.2, -0.15) is 0 Å². The Morgan fingerprint density at radius 3 is 2.56 bits per heavy atom. The highest BCUT2D eigenvalue weighted by Gasteiger charge is 2.21. The molecule has 1 aliphatic rings. The van der Waals surface area contributed by atoms with Crippen molar-refractivity contribution in [2.24, 2.45) is 0 Å². The molecule has 5 heteroatoms. The predicted octanol–water partition coefficient (Wildman–Crippen LogP) is 4.90. The summed E-state index contributed by atoms with van der Waals surface area (Å²) in [6.45, 7) is 4.15. The predicted molar refractivity (Wildman–Crippen MR) is 99.6 cm³/mol. The second kappa shape index (κ2) is 6.82. The molecule has 0 amide bonds. The summed E-state index contributed by atoms with van der Waals surface area (Å²) in [6, 6.07) is 8.76. The van der Waals surface area contributed by atoms with Crippen molar-refractivity contribution in [1.29, 1.82) is 0 Å². The Kier molecular flexibility index (Phi) is 4.38. The third kappa shape index (κ3) is 3.23. The fourth-order valence-corrected chi connectivity index (χ4v) is 3.48. The largest absolute Gasteiger partial charge is 0.364 e. The van der Waals surface area contributed by atoms with Crippen LogP contribution in [0.15, 0.2) is 28.8 Å². The van der Waals surface area contributed by atoms with Gasteiger partial charge in [0.05, 0.1) is 0 Å². The Hall–Kier alpha value is -2.43. The number of aryl methyl sites for hydroxylation is 2. The molecule has 0 saturated heterocycles. The molecule has 5 nitrogen and oxygen atoms in total.